The molecular formula is C27H32N6O8. The van der Waals surface area contributed by atoms with Crippen LogP contribution >= 0.6 is 0 Å². The number of aromatic amines is 1. The van der Waals surface area contributed by atoms with Gasteiger partial charge in [-0.1, -0.05) is 13.0 Å². The second-order valence-corrected chi connectivity index (χ2v) is 8.40. The Morgan fingerprint density at radius 1 is 1.07 bits per heavy atom. The van der Waals surface area contributed by atoms with Crippen molar-refractivity contribution in [3.8, 4) is 0 Å². The topological polar surface area (TPSA) is 203 Å². The number of aliphatic imine (C=N–C) groups is 1. The number of anilines is 1. The van der Waals surface area contributed by atoms with Crippen LogP contribution in [-0.4, -0.2) is 72.0 Å². The summed E-state index contributed by atoms with van der Waals surface area (Å²) in [4.78, 5) is 69.0. The number of aliphatic carboxylic acids is 1. The minimum atomic E-state index is -1.37. The molecule has 1 aromatic carbocycles. The number of amidine groups is 1. The lowest BCUT2D eigenvalue weighted by molar-refractivity contribution is -0.146. The van der Waals surface area contributed by atoms with Crippen molar-refractivity contribution in [1.82, 2.24) is 15.6 Å². The van der Waals surface area contributed by atoms with Gasteiger partial charge < -0.3 is 30.2 Å². The van der Waals surface area contributed by atoms with E-state index < -0.39 is 24.8 Å². The minimum absolute atomic E-state index is 0.149. The SMILES string of the molecule is CCCNC(=O)c1ccc(C)c(N(C(=O)OCOC(=O)/C=C/C(=O)O)C(=NC=N)c2[nH]cc(C(=O)NCC)c2C)c1. The Balaban J connectivity index is 2.59. The Morgan fingerprint density at radius 3 is 2.44 bits per heavy atom. The summed E-state index contributed by atoms with van der Waals surface area (Å²) >= 11 is 0. The van der Waals surface area contributed by atoms with Crippen LogP contribution in [0.4, 0.5) is 10.5 Å². The van der Waals surface area contributed by atoms with Crippen molar-refractivity contribution in [3.05, 3.63) is 64.5 Å². The van der Waals surface area contributed by atoms with Gasteiger partial charge in [-0.05, 0) is 50.5 Å². The van der Waals surface area contributed by atoms with Crippen LogP contribution in [0, 0.1) is 19.3 Å². The van der Waals surface area contributed by atoms with Crippen LogP contribution < -0.4 is 15.5 Å². The standard InChI is InChI=1S/C27H32N6O8/c1-5-11-30-25(37)18-8-7-16(3)20(12-18)33(27(39)41-15-40-22(36)10-9-21(34)35)24(32-14-28)23-17(4)19(13-31-23)26(38)29-6-2/h7-10,12-14,28,31H,5-6,11,15H2,1-4H3,(H,29,38)(H,30,37)(H,34,35)/b10-9+,28-14?,32-24?. The van der Waals surface area contributed by atoms with Gasteiger partial charge in [0.05, 0.1) is 16.9 Å². The van der Waals surface area contributed by atoms with Crippen LogP contribution in [0.25, 0.3) is 0 Å². The maximum absolute atomic E-state index is 13.5. The molecule has 218 valence electrons. The van der Waals surface area contributed by atoms with Crippen molar-refractivity contribution in [2.24, 2.45) is 4.99 Å². The number of carbonyl (C=O) groups excluding carboxylic acids is 4. The van der Waals surface area contributed by atoms with Crippen LogP contribution in [0.5, 0.6) is 0 Å². The predicted octanol–water partition coefficient (Wildman–Crippen LogP) is 2.66. The molecule has 0 saturated heterocycles. The van der Waals surface area contributed by atoms with E-state index in [1.807, 2.05) is 6.92 Å². The van der Waals surface area contributed by atoms with Crippen LogP contribution in [0.1, 0.15) is 57.8 Å². The Kier molecular flexibility index (Phi) is 12.0. The average Bonchev–Trinajstić information content (AvgIpc) is 3.32. The zero-order valence-corrected chi connectivity index (χ0v) is 23.1. The first kappa shape index (κ1) is 31.9. The predicted molar refractivity (Wildman–Crippen MR) is 149 cm³/mol. The maximum Gasteiger partial charge on any atom is 0.423 e. The molecule has 0 aliphatic carbocycles. The fourth-order valence-electron chi connectivity index (χ4n) is 3.54. The summed E-state index contributed by atoms with van der Waals surface area (Å²) in [5.74, 6) is -3.35. The second-order valence-electron chi connectivity index (χ2n) is 8.40. The summed E-state index contributed by atoms with van der Waals surface area (Å²) in [5.41, 5.74) is 1.79. The van der Waals surface area contributed by atoms with E-state index in [2.05, 4.69) is 20.6 Å². The molecule has 1 aromatic heterocycles. The van der Waals surface area contributed by atoms with Crippen molar-refractivity contribution in [2.75, 3.05) is 24.8 Å². The number of carbonyl (C=O) groups is 5. The van der Waals surface area contributed by atoms with E-state index in [1.165, 1.54) is 12.3 Å². The lowest BCUT2D eigenvalue weighted by Crippen LogP contribution is -2.40. The van der Waals surface area contributed by atoms with E-state index in [1.54, 1.807) is 32.9 Å². The first-order valence-corrected chi connectivity index (χ1v) is 12.5. The van der Waals surface area contributed by atoms with Crippen molar-refractivity contribution in [2.45, 2.75) is 34.1 Å². The smallest absolute Gasteiger partial charge is 0.423 e. The number of aromatic nitrogens is 1. The summed E-state index contributed by atoms with van der Waals surface area (Å²) in [6.45, 7) is 6.88. The minimum Gasteiger partial charge on any atom is -0.478 e. The van der Waals surface area contributed by atoms with Crippen molar-refractivity contribution < 1.29 is 38.6 Å². The van der Waals surface area contributed by atoms with E-state index >= 15 is 0 Å². The zero-order valence-electron chi connectivity index (χ0n) is 23.1. The number of carboxylic acids is 1. The third-order valence-corrected chi connectivity index (χ3v) is 5.52. The lowest BCUT2D eigenvalue weighted by atomic mass is 10.1. The van der Waals surface area contributed by atoms with E-state index in [0.717, 1.165) is 4.90 Å². The van der Waals surface area contributed by atoms with Crippen LogP contribution in [0.3, 0.4) is 0 Å². The fourth-order valence-corrected chi connectivity index (χ4v) is 3.54. The molecule has 14 nitrogen and oxygen atoms in total. The molecule has 14 heteroatoms. The number of hydrogen-bond acceptors (Lipinski definition) is 8. The number of amides is 3. The van der Waals surface area contributed by atoms with Gasteiger partial charge in [0.15, 0.2) is 5.84 Å². The summed E-state index contributed by atoms with van der Waals surface area (Å²) < 4.78 is 9.90. The molecule has 0 bridgehead atoms. The van der Waals surface area contributed by atoms with Gasteiger partial charge in [-0.3, -0.25) is 15.0 Å². The van der Waals surface area contributed by atoms with E-state index in [4.69, 9.17) is 20.0 Å². The molecule has 2 rings (SSSR count). The third kappa shape index (κ3) is 8.61. The van der Waals surface area contributed by atoms with Gasteiger partial charge in [-0.2, -0.15) is 0 Å². The molecule has 2 aromatic rings. The lowest BCUT2D eigenvalue weighted by Gasteiger charge is -2.25. The number of nitrogens with one attached hydrogen (secondary N) is 4. The Hall–Kier alpha value is -5.27. The molecule has 0 radical (unpaired) electrons. The van der Waals surface area contributed by atoms with Gasteiger partial charge in [0.2, 0.25) is 6.79 Å². The van der Waals surface area contributed by atoms with Crippen molar-refractivity contribution >= 4 is 47.7 Å². The Bertz CT molecular complexity index is 1380. The van der Waals surface area contributed by atoms with Gasteiger partial charge in [-0.15, -0.1) is 0 Å². The average molecular weight is 569 g/mol. The fraction of sp³-hybridized carbons (Fsp3) is 0.296. The maximum atomic E-state index is 13.5. The monoisotopic (exact) mass is 568 g/mol. The van der Waals surface area contributed by atoms with E-state index in [0.29, 0.717) is 49.1 Å². The summed E-state index contributed by atoms with van der Waals surface area (Å²) in [6.07, 6.45) is 2.92. The zero-order chi connectivity index (χ0) is 30.5. The van der Waals surface area contributed by atoms with Gasteiger partial charge in [-0.25, -0.2) is 24.3 Å². The number of benzene rings is 1. The number of esters is 1. The van der Waals surface area contributed by atoms with E-state index in [-0.39, 0.29) is 40.2 Å². The van der Waals surface area contributed by atoms with Gasteiger partial charge in [0.1, 0.15) is 6.34 Å². The molecule has 0 fully saturated rings. The number of rotatable bonds is 12. The Labute approximate surface area is 235 Å². The summed E-state index contributed by atoms with van der Waals surface area (Å²) in [6, 6.07) is 4.62. The first-order valence-electron chi connectivity index (χ1n) is 12.5. The van der Waals surface area contributed by atoms with Gasteiger partial charge in [0.25, 0.3) is 11.8 Å². The molecule has 1 heterocycles. The largest absolute Gasteiger partial charge is 0.478 e. The number of ether oxygens (including phenoxy) is 2. The molecule has 0 aliphatic rings. The highest BCUT2D eigenvalue weighted by Crippen LogP contribution is 2.27. The van der Waals surface area contributed by atoms with Crippen molar-refractivity contribution in [1.29, 1.82) is 5.41 Å². The number of H-pyrrole nitrogens is 1. The van der Waals surface area contributed by atoms with Gasteiger partial charge in [0, 0.05) is 37.0 Å². The molecule has 3 amide bonds. The molecule has 41 heavy (non-hydrogen) atoms. The molecule has 0 unspecified atom stereocenters. The number of carboxylic acid groups (broad SMARTS) is 1. The third-order valence-electron chi connectivity index (χ3n) is 5.52. The summed E-state index contributed by atoms with van der Waals surface area (Å²) in [7, 11) is 0. The van der Waals surface area contributed by atoms with Crippen molar-refractivity contribution in [3.63, 3.8) is 0 Å². The highest BCUT2D eigenvalue weighted by Gasteiger charge is 2.30. The van der Waals surface area contributed by atoms with E-state index in [9.17, 15) is 24.0 Å². The van der Waals surface area contributed by atoms with Crippen LogP contribution in [-0.2, 0) is 19.1 Å². The van der Waals surface area contributed by atoms with Crippen LogP contribution in [0.15, 0.2) is 41.5 Å². The molecule has 0 aliphatic heterocycles. The molecule has 5 N–H and O–H groups in total. The molecule has 0 atom stereocenters. The normalized spacial score (nSPS) is 11.1. The number of hydrogen-bond donors (Lipinski definition) is 5. The molecule has 0 spiro atoms. The Morgan fingerprint density at radius 2 is 1.80 bits per heavy atom. The molecule has 0 saturated carbocycles. The van der Waals surface area contributed by atoms with Crippen LogP contribution in [0.2, 0.25) is 0 Å². The quantitative estimate of drug-likeness (QED) is 0.0844. The second kappa shape index (κ2) is 15.4. The number of nitrogens with zero attached hydrogens (tertiary/aromatic N) is 2. The molecular weight excluding hydrogens is 536 g/mol. The highest BCUT2D eigenvalue weighted by atomic mass is 16.7. The van der Waals surface area contributed by atoms with Gasteiger partial charge >= 0.3 is 18.0 Å². The first-order chi connectivity index (χ1) is 19.5. The summed E-state index contributed by atoms with van der Waals surface area (Å²) in [5, 5.41) is 21.7. The number of aryl methyl sites for hydroxylation is 1. The highest BCUT2D eigenvalue weighted by molar-refractivity contribution is 6.24.